The molecule has 2 bridgehead atoms. The van der Waals surface area contributed by atoms with E-state index in [9.17, 15) is 19.5 Å². The Morgan fingerprint density at radius 1 is 0.952 bits per heavy atom. The highest BCUT2D eigenvalue weighted by molar-refractivity contribution is 6.06. The second kappa shape index (κ2) is 10.8. The van der Waals surface area contributed by atoms with Crippen LogP contribution < -0.4 is 10.6 Å². The summed E-state index contributed by atoms with van der Waals surface area (Å²) in [5.41, 5.74) is -0.761. The van der Waals surface area contributed by atoms with E-state index in [4.69, 9.17) is 4.74 Å². The Labute approximate surface area is 246 Å². The number of aliphatic hydroxyl groups is 1. The molecule has 3 aromatic rings. The number of amides is 3. The molecule has 2 unspecified atom stereocenters. The molecule has 6 rings (SSSR count). The molecule has 3 saturated heterocycles. The van der Waals surface area contributed by atoms with E-state index >= 15 is 0 Å². The molecule has 8 nitrogen and oxygen atoms in total. The molecule has 1 spiro atoms. The van der Waals surface area contributed by atoms with Crippen molar-refractivity contribution in [2.24, 2.45) is 17.8 Å². The van der Waals surface area contributed by atoms with Gasteiger partial charge in [-0.3, -0.25) is 14.4 Å². The Hall–Kier alpha value is -3.75. The number of fused-ring (bicyclic) bond motifs is 2. The van der Waals surface area contributed by atoms with Crippen molar-refractivity contribution in [2.75, 3.05) is 17.2 Å². The topological polar surface area (TPSA) is 108 Å². The number of para-hydroxylation sites is 1. The van der Waals surface area contributed by atoms with Crippen LogP contribution in [0.25, 0.3) is 10.8 Å². The van der Waals surface area contributed by atoms with Crippen molar-refractivity contribution in [2.45, 2.75) is 69.7 Å². The van der Waals surface area contributed by atoms with Gasteiger partial charge in [0.15, 0.2) is 0 Å². The summed E-state index contributed by atoms with van der Waals surface area (Å²) in [5.74, 6) is -2.60. The lowest BCUT2D eigenvalue weighted by molar-refractivity contribution is -0.149. The van der Waals surface area contributed by atoms with Crippen LogP contribution in [-0.4, -0.2) is 57.6 Å². The van der Waals surface area contributed by atoms with Crippen LogP contribution in [0.2, 0.25) is 0 Å². The van der Waals surface area contributed by atoms with Crippen molar-refractivity contribution in [3.8, 4) is 0 Å². The molecule has 220 valence electrons. The van der Waals surface area contributed by atoms with Gasteiger partial charge in [-0.2, -0.15) is 0 Å². The molecule has 3 amide bonds. The molecular formula is C34H39N3O5. The van der Waals surface area contributed by atoms with Crippen LogP contribution in [0, 0.1) is 17.8 Å². The lowest BCUT2D eigenvalue weighted by atomic mass is 9.65. The van der Waals surface area contributed by atoms with Gasteiger partial charge in [0.05, 0.1) is 30.1 Å². The van der Waals surface area contributed by atoms with Crippen LogP contribution >= 0.6 is 0 Å². The number of benzene rings is 3. The summed E-state index contributed by atoms with van der Waals surface area (Å²) in [6.45, 7) is 5.67. The van der Waals surface area contributed by atoms with E-state index in [0.29, 0.717) is 37.1 Å². The first-order chi connectivity index (χ1) is 20.3. The molecule has 3 aromatic carbocycles. The molecule has 3 aliphatic heterocycles. The molecule has 0 aliphatic carbocycles. The molecule has 3 N–H and O–H groups in total. The maximum absolute atomic E-state index is 14.5. The minimum absolute atomic E-state index is 0.0703. The summed E-state index contributed by atoms with van der Waals surface area (Å²) in [5, 5.41) is 18.7. The van der Waals surface area contributed by atoms with Crippen LogP contribution in [0.4, 0.5) is 11.4 Å². The fourth-order valence-corrected chi connectivity index (χ4v) is 7.74. The number of likely N-dealkylation sites (tertiary alicyclic amines) is 1. The number of aliphatic hydroxyl groups excluding tert-OH is 1. The van der Waals surface area contributed by atoms with E-state index in [1.807, 2.05) is 93.6 Å². The zero-order valence-electron chi connectivity index (χ0n) is 24.4. The maximum Gasteiger partial charge on any atom is 0.250 e. The molecule has 0 saturated carbocycles. The minimum atomic E-state index is -1.17. The highest BCUT2D eigenvalue weighted by Crippen LogP contribution is 2.64. The molecule has 42 heavy (non-hydrogen) atoms. The third-order valence-corrected chi connectivity index (χ3v) is 10.1. The predicted octanol–water partition coefficient (Wildman–Crippen LogP) is 4.98. The Morgan fingerprint density at radius 2 is 1.64 bits per heavy atom. The van der Waals surface area contributed by atoms with Gasteiger partial charge >= 0.3 is 0 Å². The average molecular weight is 570 g/mol. The highest BCUT2D eigenvalue weighted by atomic mass is 16.5. The Morgan fingerprint density at radius 3 is 2.33 bits per heavy atom. The number of carbonyl (C=O) groups is 3. The molecule has 0 radical (unpaired) electrons. The zero-order valence-corrected chi connectivity index (χ0v) is 24.4. The third-order valence-electron chi connectivity index (χ3n) is 10.1. The van der Waals surface area contributed by atoms with Gasteiger partial charge in [-0.25, -0.2) is 0 Å². The summed E-state index contributed by atoms with van der Waals surface area (Å²) in [7, 11) is 0. The van der Waals surface area contributed by atoms with Crippen LogP contribution in [-0.2, 0) is 19.1 Å². The lowest BCUT2D eigenvalue weighted by Crippen LogP contribution is -2.57. The molecule has 0 aromatic heterocycles. The number of anilines is 2. The second-order valence-electron chi connectivity index (χ2n) is 12.1. The standard InChI is InChI=1S/C34H39N3O5/c1-4-21(3)26(20-38)37-29(31(40)36-25-16-15-22-11-9-10-12-23(22)19-25)34-18-17-33(5-2,42-34)27(28(34)32(37)41)30(39)35-24-13-7-6-8-14-24/h6-16,19,21,26-29,38H,4-5,17-18,20H2,1-3H3,(H,35,39)(H,36,40)/t21-,26-,27+,28-,29?,33-,34?/m0/s1. The number of rotatable bonds is 9. The second-order valence-corrected chi connectivity index (χ2v) is 12.1. The number of nitrogens with one attached hydrogen (secondary N) is 2. The van der Waals surface area contributed by atoms with E-state index in [-0.39, 0.29) is 30.2 Å². The molecule has 3 heterocycles. The SMILES string of the molecule is CC[C@H](C)[C@H](CO)N1C(=O)[C@@H]2[C@H](C(=O)Nc3ccccc3)[C@]3(CC)CCC2(O3)C1C(=O)Nc1ccc2ccccc2c1. The van der Waals surface area contributed by atoms with E-state index in [1.165, 1.54) is 0 Å². The van der Waals surface area contributed by atoms with Gasteiger partial charge in [-0.05, 0) is 60.2 Å². The van der Waals surface area contributed by atoms with Crippen LogP contribution in [0.1, 0.15) is 46.5 Å². The molecule has 3 aliphatic rings. The molecule has 7 atom stereocenters. The fourth-order valence-electron chi connectivity index (χ4n) is 7.74. The van der Waals surface area contributed by atoms with Gasteiger partial charge in [0.25, 0.3) is 0 Å². The van der Waals surface area contributed by atoms with Crippen LogP contribution in [0.5, 0.6) is 0 Å². The summed E-state index contributed by atoms with van der Waals surface area (Å²) in [6.07, 6.45) is 2.31. The third kappa shape index (κ3) is 4.31. The minimum Gasteiger partial charge on any atom is -0.394 e. The van der Waals surface area contributed by atoms with E-state index < -0.39 is 35.1 Å². The molecule has 8 heteroatoms. The number of hydrogen-bond acceptors (Lipinski definition) is 5. The van der Waals surface area contributed by atoms with Gasteiger partial charge in [0.2, 0.25) is 17.7 Å². The van der Waals surface area contributed by atoms with Crippen molar-refractivity contribution in [1.29, 1.82) is 0 Å². The van der Waals surface area contributed by atoms with Gasteiger partial charge < -0.3 is 25.4 Å². The van der Waals surface area contributed by atoms with E-state index in [0.717, 1.165) is 10.8 Å². The normalized spacial score (nSPS) is 29.4. The van der Waals surface area contributed by atoms with E-state index in [2.05, 4.69) is 10.6 Å². The molecular weight excluding hydrogens is 530 g/mol. The summed E-state index contributed by atoms with van der Waals surface area (Å²) >= 11 is 0. The van der Waals surface area contributed by atoms with Crippen molar-refractivity contribution >= 4 is 39.9 Å². The number of hydrogen-bond donors (Lipinski definition) is 3. The number of nitrogens with zero attached hydrogens (tertiary/aromatic N) is 1. The zero-order chi connectivity index (χ0) is 29.6. The van der Waals surface area contributed by atoms with Crippen LogP contribution in [0.15, 0.2) is 72.8 Å². The van der Waals surface area contributed by atoms with Gasteiger partial charge in [-0.1, -0.05) is 75.7 Å². The smallest absolute Gasteiger partial charge is 0.250 e. The van der Waals surface area contributed by atoms with E-state index in [1.54, 1.807) is 4.90 Å². The van der Waals surface area contributed by atoms with Gasteiger partial charge in [0.1, 0.15) is 11.6 Å². The van der Waals surface area contributed by atoms with Crippen molar-refractivity contribution in [3.63, 3.8) is 0 Å². The largest absolute Gasteiger partial charge is 0.394 e. The van der Waals surface area contributed by atoms with Crippen LogP contribution in [0.3, 0.4) is 0 Å². The first kappa shape index (κ1) is 28.4. The van der Waals surface area contributed by atoms with Crippen molar-refractivity contribution in [1.82, 2.24) is 4.90 Å². The summed E-state index contributed by atoms with van der Waals surface area (Å²) in [4.78, 5) is 44.4. The summed E-state index contributed by atoms with van der Waals surface area (Å²) in [6, 6.07) is 21.2. The number of ether oxygens (including phenoxy) is 1. The first-order valence-electron chi connectivity index (χ1n) is 15.1. The average Bonchev–Trinajstić information content (AvgIpc) is 3.61. The summed E-state index contributed by atoms with van der Waals surface area (Å²) < 4.78 is 6.88. The quantitative estimate of drug-likeness (QED) is 0.337. The Balaban J connectivity index is 1.41. The van der Waals surface area contributed by atoms with Crippen molar-refractivity contribution in [3.05, 3.63) is 72.8 Å². The number of carbonyl (C=O) groups excluding carboxylic acids is 3. The van der Waals surface area contributed by atoms with Gasteiger partial charge in [0, 0.05) is 11.4 Å². The van der Waals surface area contributed by atoms with Crippen molar-refractivity contribution < 1.29 is 24.2 Å². The van der Waals surface area contributed by atoms with Gasteiger partial charge in [-0.15, -0.1) is 0 Å². The molecule has 3 fully saturated rings. The Kier molecular flexibility index (Phi) is 7.31. The highest BCUT2D eigenvalue weighted by Gasteiger charge is 2.79. The predicted molar refractivity (Wildman–Crippen MR) is 162 cm³/mol. The Bertz CT molecular complexity index is 1510. The maximum atomic E-state index is 14.5. The first-order valence-corrected chi connectivity index (χ1v) is 15.1. The lowest BCUT2D eigenvalue weighted by Gasteiger charge is -2.39. The fraction of sp³-hybridized carbons (Fsp3) is 0.441. The monoisotopic (exact) mass is 569 g/mol.